The van der Waals surface area contributed by atoms with E-state index in [9.17, 15) is 18.5 Å². The Balaban J connectivity index is 2.82. The molecule has 1 heterocycles. The zero-order valence-electron chi connectivity index (χ0n) is 10.2. The molecule has 102 valence electrons. The fourth-order valence-corrected chi connectivity index (χ4v) is 2.26. The molecule has 1 N–H and O–H groups in total. The summed E-state index contributed by atoms with van der Waals surface area (Å²) < 4.78 is 24.9. The lowest BCUT2D eigenvalue weighted by Gasteiger charge is -2.09. The van der Waals surface area contributed by atoms with Gasteiger partial charge >= 0.3 is 0 Å². The van der Waals surface area contributed by atoms with Gasteiger partial charge in [-0.1, -0.05) is 0 Å². The first-order chi connectivity index (χ1) is 9.31. The predicted molar refractivity (Wildman–Crippen MR) is 71.6 cm³/mol. The van der Waals surface area contributed by atoms with E-state index in [2.05, 4.69) is 9.71 Å². The highest BCUT2D eigenvalue weighted by atomic mass is 32.2. The zero-order chi connectivity index (χ0) is 14.9. The number of fused-ring (bicyclic) bond motifs is 1. The number of non-ortho nitro benzene ring substituents is 1. The van der Waals surface area contributed by atoms with Crippen molar-refractivity contribution in [1.82, 2.24) is 4.98 Å². The van der Waals surface area contributed by atoms with Crippen molar-refractivity contribution in [3.8, 4) is 6.07 Å². The van der Waals surface area contributed by atoms with Crippen molar-refractivity contribution in [3.63, 3.8) is 0 Å². The first-order valence-corrected chi connectivity index (χ1v) is 7.16. The van der Waals surface area contributed by atoms with E-state index in [1.54, 1.807) is 6.07 Å². The summed E-state index contributed by atoms with van der Waals surface area (Å²) in [6, 6.07) is 5.62. The molecule has 0 aliphatic carbocycles. The van der Waals surface area contributed by atoms with Crippen LogP contribution in [0.1, 0.15) is 5.56 Å². The molecular weight excluding hydrogens is 284 g/mol. The van der Waals surface area contributed by atoms with Gasteiger partial charge in [0.2, 0.25) is 10.0 Å². The van der Waals surface area contributed by atoms with Crippen LogP contribution in [0.25, 0.3) is 10.9 Å². The van der Waals surface area contributed by atoms with Crippen molar-refractivity contribution in [3.05, 3.63) is 40.1 Å². The Morgan fingerprint density at radius 2 is 2.15 bits per heavy atom. The van der Waals surface area contributed by atoms with Gasteiger partial charge in [-0.05, 0) is 6.07 Å². The molecule has 1 aromatic carbocycles. The summed E-state index contributed by atoms with van der Waals surface area (Å²) in [5.41, 5.74) is 0.110. The Bertz CT molecular complexity index is 855. The highest BCUT2D eigenvalue weighted by Gasteiger charge is 2.15. The van der Waals surface area contributed by atoms with Crippen molar-refractivity contribution in [1.29, 1.82) is 5.26 Å². The number of hydrogen-bond donors (Lipinski definition) is 1. The lowest BCUT2D eigenvalue weighted by atomic mass is 10.1. The summed E-state index contributed by atoms with van der Waals surface area (Å²) in [5.74, 6) is 0. The van der Waals surface area contributed by atoms with Crippen molar-refractivity contribution in [2.24, 2.45) is 0 Å². The SMILES string of the molecule is CS(=O)(=O)Nc1c(C#N)cnc2ccc([N+](=O)[O-])cc12. The third-order valence-electron chi connectivity index (χ3n) is 2.47. The maximum absolute atomic E-state index is 11.4. The smallest absolute Gasteiger partial charge is 0.270 e. The highest BCUT2D eigenvalue weighted by Crippen LogP contribution is 2.29. The number of benzene rings is 1. The molecule has 2 aromatic rings. The van der Waals surface area contributed by atoms with E-state index in [1.807, 2.05) is 0 Å². The van der Waals surface area contributed by atoms with Crippen LogP contribution < -0.4 is 4.72 Å². The average Bonchev–Trinajstić information content (AvgIpc) is 2.37. The van der Waals surface area contributed by atoms with E-state index in [0.29, 0.717) is 5.52 Å². The highest BCUT2D eigenvalue weighted by molar-refractivity contribution is 7.92. The first kappa shape index (κ1) is 13.7. The van der Waals surface area contributed by atoms with Crippen LogP contribution >= 0.6 is 0 Å². The quantitative estimate of drug-likeness (QED) is 0.672. The van der Waals surface area contributed by atoms with Crippen LogP contribution in [0.4, 0.5) is 11.4 Å². The Morgan fingerprint density at radius 1 is 1.45 bits per heavy atom. The van der Waals surface area contributed by atoms with Crippen LogP contribution in [0.3, 0.4) is 0 Å². The van der Waals surface area contributed by atoms with Crippen molar-refractivity contribution in [2.45, 2.75) is 0 Å². The van der Waals surface area contributed by atoms with Gasteiger partial charge < -0.3 is 0 Å². The second-order valence-corrected chi connectivity index (χ2v) is 5.74. The molecule has 9 heteroatoms. The molecule has 0 saturated carbocycles. The summed E-state index contributed by atoms with van der Waals surface area (Å²) in [5, 5.41) is 20.0. The summed E-state index contributed by atoms with van der Waals surface area (Å²) in [6.07, 6.45) is 2.14. The zero-order valence-corrected chi connectivity index (χ0v) is 11.0. The fourth-order valence-electron chi connectivity index (χ4n) is 1.67. The summed E-state index contributed by atoms with van der Waals surface area (Å²) in [4.78, 5) is 14.1. The van der Waals surface area contributed by atoms with E-state index in [4.69, 9.17) is 5.26 Å². The fraction of sp³-hybridized carbons (Fsp3) is 0.0909. The molecule has 0 fully saturated rings. The minimum absolute atomic E-state index is 0.0105. The minimum atomic E-state index is -3.63. The number of nitro groups is 1. The Hall–Kier alpha value is -2.73. The number of pyridine rings is 1. The van der Waals surface area contributed by atoms with Gasteiger partial charge in [-0.3, -0.25) is 19.8 Å². The van der Waals surface area contributed by atoms with Gasteiger partial charge in [-0.2, -0.15) is 5.26 Å². The lowest BCUT2D eigenvalue weighted by Crippen LogP contribution is -2.11. The molecule has 2 rings (SSSR count). The third-order valence-corrected chi connectivity index (χ3v) is 3.05. The molecule has 0 unspecified atom stereocenters. The molecule has 20 heavy (non-hydrogen) atoms. The maximum Gasteiger partial charge on any atom is 0.270 e. The monoisotopic (exact) mass is 292 g/mol. The summed E-state index contributed by atoms with van der Waals surface area (Å²) >= 11 is 0. The Kier molecular flexibility index (Phi) is 3.25. The number of anilines is 1. The topological polar surface area (TPSA) is 126 Å². The van der Waals surface area contributed by atoms with Gasteiger partial charge in [0.05, 0.1) is 27.9 Å². The number of hydrogen-bond acceptors (Lipinski definition) is 6. The molecular formula is C11H8N4O4S. The van der Waals surface area contributed by atoms with E-state index >= 15 is 0 Å². The van der Waals surface area contributed by atoms with Crippen molar-refractivity contribution >= 4 is 32.3 Å². The van der Waals surface area contributed by atoms with Crippen LogP contribution in [0.15, 0.2) is 24.4 Å². The van der Waals surface area contributed by atoms with Crippen LogP contribution in [-0.2, 0) is 10.0 Å². The normalized spacial score (nSPS) is 11.0. The number of nitro benzene ring substituents is 1. The number of aromatic nitrogens is 1. The summed E-state index contributed by atoms with van der Waals surface area (Å²) in [6.45, 7) is 0. The molecule has 0 atom stereocenters. The number of rotatable bonds is 3. The van der Waals surface area contributed by atoms with Crippen molar-refractivity contribution < 1.29 is 13.3 Å². The van der Waals surface area contributed by atoms with E-state index in [0.717, 1.165) is 6.26 Å². The minimum Gasteiger partial charge on any atom is -0.282 e. The Morgan fingerprint density at radius 3 is 2.70 bits per heavy atom. The molecule has 0 spiro atoms. The van der Waals surface area contributed by atoms with Crippen molar-refractivity contribution in [2.75, 3.05) is 11.0 Å². The van der Waals surface area contributed by atoms with Gasteiger partial charge in [-0.25, -0.2) is 8.42 Å². The molecule has 0 radical (unpaired) electrons. The number of nitrogens with one attached hydrogen (secondary N) is 1. The molecule has 0 aliphatic heterocycles. The number of nitrogens with zero attached hydrogens (tertiary/aromatic N) is 3. The van der Waals surface area contributed by atoms with E-state index < -0.39 is 14.9 Å². The summed E-state index contributed by atoms with van der Waals surface area (Å²) in [7, 11) is -3.63. The third kappa shape index (κ3) is 2.65. The second-order valence-electron chi connectivity index (χ2n) is 3.99. The standard InChI is InChI=1S/C11H8N4O4S/c1-20(18,19)14-11-7(5-12)6-13-10-3-2-8(15(16)17)4-9(10)11/h2-4,6H,1H3,(H,13,14). The van der Waals surface area contributed by atoms with E-state index in [-0.39, 0.29) is 22.3 Å². The van der Waals surface area contributed by atoms with Gasteiger partial charge in [0, 0.05) is 23.7 Å². The molecule has 0 amide bonds. The maximum atomic E-state index is 11.4. The van der Waals surface area contributed by atoms with Crippen LogP contribution in [0.2, 0.25) is 0 Å². The van der Waals surface area contributed by atoms with E-state index in [1.165, 1.54) is 24.4 Å². The second kappa shape index (κ2) is 4.75. The van der Waals surface area contributed by atoms with Crippen LogP contribution in [-0.4, -0.2) is 24.6 Å². The molecule has 1 aromatic heterocycles. The van der Waals surface area contributed by atoms with Crippen LogP contribution in [0.5, 0.6) is 0 Å². The predicted octanol–water partition coefficient (Wildman–Crippen LogP) is 1.39. The molecule has 0 bridgehead atoms. The van der Waals surface area contributed by atoms with Gasteiger partial charge in [0.25, 0.3) is 5.69 Å². The largest absolute Gasteiger partial charge is 0.282 e. The molecule has 0 aliphatic rings. The molecule has 0 saturated heterocycles. The lowest BCUT2D eigenvalue weighted by molar-refractivity contribution is -0.384. The first-order valence-electron chi connectivity index (χ1n) is 5.27. The molecule has 8 nitrogen and oxygen atoms in total. The van der Waals surface area contributed by atoms with Gasteiger partial charge in [0.1, 0.15) is 6.07 Å². The van der Waals surface area contributed by atoms with Crippen LogP contribution in [0, 0.1) is 21.4 Å². The van der Waals surface area contributed by atoms with Gasteiger partial charge in [-0.15, -0.1) is 0 Å². The number of sulfonamides is 1. The number of nitriles is 1. The Labute approximate surface area is 113 Å². The van der Waals surface area contributed by atoms with Gasteiger partial charge in [0.15, 0.2) is 0 Å². The average molecular weight is 292 g/mol.